The number of nitrogens with one attached hydrogen (secondary N) is 3. The molecule has 0 bridgehead atoms. The van der Waals surface area contributed by atoms with Crippen molar-refractivity contribution in [3.05, 3.63) is 71.2 Å². The maximum Gasteiger partial charge on any atom is 0.373 e. The molecule has 1 aliphatic rings. The van der Waals surface area contributed by atoms with Crippen LogP contribution in [0, 0.1) is 11.3 Å². The van der Waals surface area contributed by atoms with Crippen LogP contribution in [0.4, 0.5) is 0 Å². The molecule has 1 heterocycles. The summed E-state index contributed by atoms with van der Waals surface area (Å²) in [6, 6.07) is -0.770. The van der Waals surface area contributed by atoms with Crippen molar-refractivity contribution in [3.8, 4) is 0 Å². The highest BCUT2D eigenvalue weighted by Crippen LogP contribution is 2.23. The van der Waals surface area contributed by atoms with Crippen LogP contribution in [-0.4, -0.2) is 60.7 Å². The van der Waals surface area contributed by atoms with Crippen molar-refractivity contribution in [3.63, 3.8) is 0 Å². The van der Waals surface area contributed by atoms with E-state index in [9.17, 15) is 19.5 Å². The second-order valence-corrected chi connectivity index (χ2v) is 12.9. The van der Waals surface area contributed by atoms with Crippen LogP contribution in [0.1, 0.15) is 74.7 Å². The maximum atomic E-state index is 13.0. The van der Waals surface area contributed by atoms with E-state index in [-0.39, 0.29) is 35.8 Å². The van der Waals surface area contributed by atoms with Crippen LogP contribution in [-0.2, 0) is 28.6 Å². The summed E-state index contributed by atoms with van der Waals surface area (Å²) in [6.45, 7) is 15.0. The number of aliphatic hydroxyl groups excluding tert-OH is 1. The van der Waals surface area contributed by atoms with Crippen LogP contribution in [0.2, 0.25) is 0 Å². The molecule has 5 atom stereocenters. The third-order valence-electron chi connectivity index (χ3n) is 6.66. The summed E-state index contributed by atoms with van der Waals surface area (Å²) in [5.41, 5.74) is 0.381. The molecular formula is C34H52ClN3O7. The van der Waals surface area contributed by atoms with Crippen LogP contribution in [0.15, 0.2) is 71.2 Å². The molecule has 5 unspecified atom stereocenters. The fourth-order valence-electron chi connectivity index (χ4n) is 4.28. The highest BCUT2D eigenvalue weighted by Gasteiger charge is 2.32. The Labute approximate surface area is 273 Å². The summed E-state index contributed by atoms with van der Waals surface area (Å²) >= 11 is 5.96. The largest absolute Gasteiger partial charge is 0.490 e. The molecule has 0 fully saturated rings. The molecule has 11 heteroatoms. The van der Waals surface area contributed by atoms with Crippen molar-refractivity contribution in [2.45, 2.75) is 105 Å². The van der Waals surface area contributed by atoms with Crippen molar-refractivity contribution < 1.29 is 33.7 Å². The lowest BCUT2D eigenvalue weighted by Crippen LogP contribution is -2.52. The first-order valence-corrected chi connectivity index (χ1v) is 15.6. The topological polar surface area (TPSA) is 135 Å². The van der Waals surface area contributed by atoms with Crippen LogP contribution in [0.5, 0.6) is 0 Å². The monoisotopic (exact) mass is 649 g/mol. The van der Waals surface area contributed by atoms with Crippen LogP contribution in [0.3, 0.4) is 0 Å². The van der Waals surface area contributed by atoms with E-state index in [4.69, 9.17) is 25.8 Å². The van der Waals surface area contributed by atoms with E-state index < -0.39 is 29.7 Å². The predicted molar refractivity (Wildman–Crippen MR) is 177 cm³/mol. The molecule has 0 aromatic carbocycles. The summed E-state index contributed by atoms with van der Waals surface area (Å²) in [4.78, 5) is 37.6. The second kappa shape index (κ2) is 20.0. The van der Waals surface area contributed by atoms with Gasteiger partial charge in [0.25, 0.3) is 0 Å². The zero-order chi connectivity index (χ0) is 34.2. The summed E-state index contributed by atoms with van der Waals surface area (Å²) < 4.78 is 16.1. The third kappa shape index (κ3) is 16.6. The molecule has 0 aromatic heterocycles. The Kier molecular flexibility index (Phi) is 17.8. The van der Waals surface area contributed by atoms with E-state index in [1.54, 1.807) is 37.3 Å². The van der Waals surface area contributed by atoms with Gasteiger partial charge >= 0.3 is 5.97 Å². The van der Waals surface area contributed by atoms with Gasteiger partial charge in [-0.3, -0.25) is 14.9 Å². The van der Waals surface area contributed by atoms with Gasteiger partial charge in [0, 0.05) is 29.5 Å². The Balaban J connectivity index is 2.73. The fraction of sp³-hybridized carbons (Fsp3) is 0.559. The number of carbonyl (C=O) groups excluding carboxylic acids is 3. The van der Waals surface area contributed by atoms with Gasteiger partial charge in [-0.05, 0) is 58.2 Å². The molecule has 0 radical (unpaired) electrons. The molecule has 252 valence electrons. The van der Waals surface area contributed by atoms with Gasteiger partial charge in [0.15, 0.2) is 5.76 Å². The number of amides is 2. The molecule has 0 aromatic rings. The van der Waals surface area contributed by atoms with Crippen LogP contribution < -0.4 is 16.0 Å². The van der Waals surface area contributed by atoms with Gasteiger partial charge in [0.05, 0.1) is 13.2 Å². The molecule has 45 heavy (non-hydrogen) atoms. The number of ether oxygens (including phenoxy) is 3. The molecular weight excluding hydrogens is 598 g/mol. The number of hydrogen-bond acceptors (Lipinski definition) is 8. The van der Waals surface area contributed by atoms with Gasteiger partial charge in [-0.25, -0.2) is 4.79 Å². The molecule has 1 aliphatic heterocycles. The normalized spacial score (nSPS) is 19.4. The van der Waals surface area contributed by atoms with E-state index >= 15 is 0 Å². The van der Waals surface area contributed by atoms with Gasteiger partial charge in [-0.15, -0.1) is 0 Å². The van der Waals surface area contributed by atoms with Crippen molar-refractivity contribution in [1.82, 2.24) is 16.0 Å². The predicted octanol–water partition coefficient (Wildman–Crippen LogP) is 5.27. The summed E-state index contributed by atoms with van der Waals surface area (Å²) in [7, 11) is 1.44. The number of allylic oxidation sites excluding steroid dienone is 5. The minimum atomic E-state index is -1.14. The van der Waals surface area contributed by atoms with Gasteiger partial charge in [0.2, 0.25) is 18.2 Å². The number of esters is 1. The van der Waals surface area contributed by atoms with Gasteiger partial charge in [-0.1, -0.05) is 81.3 Å². The lowest BCUT2D eigenvalue weighted by molar-refractivity contribution is -0.155. The molecule has 2 amide bonds. The van der Waals surface area contributed by atoms with Gasteiger partial charge in [0.1, 0.15) is 12.1 Å². The van der Waals surface area contributed by atoms with Crippen LogP contribution >= 0.6 is 11.6 Å². The molecule has 4 N–H and O–H groups in total. The lowest BCUT2D eigenvalue weighted by atomic mass is 9.86. The van der Waals surface area contributed by atoms with Crippen LogP contribution in [0.25, 0.3) is 0 Å². The number of rotatable bonds is 17. The van der Waals surface area contributed by atoms with E-state index in [1.807, 2.05) is 60.6 Å². The Morgan fingerprint density at radius 1 is 1.16 bits per heavy atom. The van der Waals surface area contributed by atoms with E-state index in [0.29, 0.717) is 24.3 Å². The summed E-state index contributed by atoms with van der Waals surface area (Å²) in [5.74, 6) is -1.03. The zero-order valence-electron chi connectivity index (χ0n) is 28.1. The Hall–Kier alpha value is -3.18. The quantitative estimate of drug-likeness (QED) is 0.0725. The number of methoxy groups -OCH3 is 1. The van der Waals surface area contributed by atoms with E-state index in [2.05, 4.69) is 16.0 Å². The SMILES string of the molecule is COC1=CCC(C(C)/C=C(C)/C=C\C=C\C(=O)NC(C(=O)N/C=C\CC(C/C=C(\C)Cl)OC(O)NC(C)C)C(C)(C)C)OC1=O. The molecule has 10 nitrogen and oxygen atoms in total. The summed E-state index contributed by atoms with van der Waals surface area (Å²) in [6.07, 6.45) is 15.0. The number of halogens is 1. The highest BCUT2D eigenvalue weighted by atomic mass is 35.5. The summed E-state index contributed by atoms with van der Waals surface area (Å²) in [5, 5.41) is 19.1. The number of cyclic esters (lactones) is 1. The standard InChI is InChI=1S/C34H52ClN3O7/c1-22(2)37-33(42)44-26(17-16-25(5)35)14-12-20-36-31(40)30(34(6,7)8)38-29(39)15-11-10-13-23(3)21-24(4)27-18-19-28(43-9)32(41)45-27/h10-13,15-16,19-22,24,26-27,30,33,37,42H,14,17-18H2,1-9H3,(H,36,40)(H,38,39)/b13-10-,15-11+,20-12-,23-21+,25-16+. The molecule has 0 saturated heterocycles. The second-order valence-electron chi connectivity index (χ2n) is 12.4. The highest BCUT2D eigenvalue weighted by molar-refractivity contribution is 6.29. The number of hydrogen-bond donors (Lipinski definition) is 4. The third-order valence-corrected chi connectivity index (χ3v) is 6.82. The Morgan fingerprint density at radius 2 is 1.82 bits per heavy atom. The van der Waals surface area contributed by atoms with Crippen molar-refractivity contribution >= 4 is 29.4 Å². The first kappa shape index (κ1) is 39.8. The minimum absolute atomic E-state index is 0.0146. The van der Waals surface area contributed by atoms with Crippen molar-refractivity contribution in [2.24, 2.45) is 11.3 Å². The van der Waals surface area contributed by atoms with Gasteiger partial charge in [-0.2, -0.15) is 0 Å². The first-order valence-electron chi connectivity index (χ1n) is 15.2. The van der Waals surface area contributed by atoms with E-state index in [0.717, 1.165) is 5.57 Å². The number of aliphatic hydroxyl groups is 1. The lowest BCUT2D eigenvalue weighted by Gasteiger charge is -2.29. The van der Waals surface area contributed by atoms with E-state index in [1.165, 1.54) is 19.4 Å². The average molecular weight is 650 g/mol. The zero-order valence-corrected chi connectivity index (χ0v) is 28.8. The molecule has 1 rings (SSSR count). The molecule has 0 aliphatic carbocycles. The Morgan fingerprint density at radius 3 is 2.40 bits per heavy atom. The van der Waals surface area contributed by atoms with Crippen molar-refractivity contribution in [1.29, 1.82) is 0 Å². The Bertz CT molecular complexity index is 1160. The van der Waals surface area contributed by atoms with Crippen molar-refractivity contribution in [2.75, 3.05) is 7.11 Å². The van der Waals surface area contributed by atoms with Gasteiger partial charge < -0.3 is 30.0 Å². The average Bonchev–Trinajstić information content (AvgIpc) is 2.93. The fourth-order valence-corrected chi connectivity index (χ4v) is 4.37. The minimum Gasteiger partial charge on any atom is -0.490 e. The molecule has 0 spiro atoms. The first-order chi connectivity index (χ1) is 21.0. The smallest absolute Gasteiger partial charge is 0.373 e. The molecule has 0 saturated carbocycles. The number of carbonyl (C=O) groups is 3. The maximum absolute atomic E-state index is 13.0.